The molecule has 0 amide bonds. The van der Waals surface area contributed by atoms with Gasteiger partial charge in [-0.1, -0.05) is 36.4 Å². The predicted octanol–water partition coefficient (Wildman–Crippen LogP) is 3.06. The van der Waals surface area contributed by atoms with Crippen LogP contribution in [-0.2, 0) is 6.54 Å². The summed E-state index contributed by atoms with van der Waals surface area (Å²) in [6.45, 7) is 2.82. The van der Waals surface area contributed by atoms with Crippen molar-refractivity contribution < 1.29 is 0 Å². The van der Waals surface area contributed by atoms with Gasteiger partial charge in [-0.05, 0) is 17.0 Å². The van der Waals surface area contributed by atoms with Crippen molar-refractivity contribution in [3.63, 3.8) is 0 Å². The van der Waals surface area contributed by atoms with E-state index in [0.717, 1.165) is 25.3 Å². The molecule has 0 unspecified atom stereocenters. The molecule has 4 rings (SSSR count). The Morgan fingerprint density at radius 3 is 2.83 bits per heavy atom. The molecule has 1 aliphatic heterocycles. The number of nitrogens with two attached hydrogens (primary N) is 1. The van der Waals surface area contributed by atoms with Crippen molar-refractivity contribution in [3.05, 3.63) is 65.2 Å². The van der Waals surface area contributed by atoms with E-state index in [1.54, 1.807) is 11.3 Å². The third-order valence-corrected chi connectivity index (χ3v) is 5.44. The first-order chi connectivity index (χ1) is 11.3. The van der Waals surface area contributed by atoms with Gasteiger partial charge in [-0.2, -0.15) is 5.10 Å². The Bertz CT molecular complexity index is 750. The standard InChI is InChI=1S/C18H20N4S/c19-16-12-22(11-15(16)13-5-2-1-3-6-13)10-14-9-20-21-18(14)17-7-4-8-23-17/h1-9,15-16H,10-12,19H2,(H,20,21)/t15-,16+/m0/s1. The van der Waals surface area contributed by atoms with Crippen LogP contribution in [0.5, 0.6) is 0 Å². The van der Waals surface area contributed by atoms with Crippen LogP contribution in [0, 0.1) is 0 Å². The number of thiophene rings is 1. The Hall–Kier alpha value is -1.95. The van der Waals surface area contributed by atoms with Gasteiger partial charge in [0.05, 0.1) is 16.8 Å². The van der Waals surface area contributed by atoms with Crippen molar-refractivity contribution in [1.82, 2.24) is 15.1 Å². The fraction of sp³-hybridized carbons (Fsp3) is 0.278. The molecule has 0 saturated carbocycles. The van der Waals surface area contributed by atoms with Gasteiger partial charge in [-0.25, -0.2) is 0 Å². The van der Waals surface area contributed by atoms with Crippen molar-refractivity contribution in [2.45, 2.75) is 18.5 Å². The zero-order valence-electron chi connectivity index (χ0n) is 12.9. The van der Waals surface area contributed by atoms with Crippen molar-refractivity contribution >= 4 is 11.3 Å². The van der Waals surface area contributed by atoms with Crippen LogP contribution in [0.3, 0.4) is 0 Å². The van der Waals surface area contributed by atoms with E-state index in [2.05, 4.69) is 62.9 Å². The zero-order valence-corrected chi connectivity index (χ0v) is 13.7. The summed E-state index contributed by atoms with van der Waals surface area (Å²) in [6, 6.07) is 15.0. The second-order valence-corrected chi connectivity index (χ2v) is 7.07. The van der Waals surface area contributed by atoms with E-state index in [-0.39, 0.29) is 6.04 Å². The number of rotatable bonds is 4. The summed E-state index contributed by atoms with van der Waals surface area (Å²) in [4.78, 5) is 3.67. The molecular weight excluding hydrogens is 304 g/mol. The minimum atomic E-state index is 0.189. The largest absolute Gasteiger partial charge is 0.326 e. The van der Waals surface area contributed by atoms with Crippen LogP contribution in [-0.4, -0.2) is 34.2 Å². The number of likely N-dealkylation sites (tertiary alicyclic amines) is 1. The summed E-state index contributed by atoms with van der Waals surface area (Å²) in [5, 5.41) is 9.47. The second-order valence-electron chi connectivity index (χ2n) is 6.12. The zero-order chi connectivity index (χ0) is 15.6. The normalized spacial score (nSPS) is 21.8. The Balaban J connectivity index is 1.50. The minimum absolute atomic E-state index is 0.189. The second kappa shape index (κ2) is 6.28. The van der Waals surface area contributed by atoms with Crippen LogP contribution >= 0.6 is 11.3 Å². The van der Waals surface area contributed by atoms with E-state index in [1.165, 1.54) is 16.0 Å². The summed E-state index contributed by atoms with van der Waals surface area (Å²) in [5.74, 6) is 0.410. The third-order valence-electron chi connectivity index (χ3n) is 4.55. The molecule has 23 heavy (non-hydrogen) atoms. The van der Waals surface area contributed by atoms with Gasteiger partial charge in [0.15, 0.2) is 0 Å². The smallest absolute Gasteiger partial charge is 0.0794 e. The molecule has 1 aromatic carbocycles. The average molecular weight is 324 g/mol. The molecule has 4 nitrogen and oxygen atoms in total. The van der Waals surface area contributed by atoms with Crippen LogP contribution in [0.15, 0.2) is 54.0 Å². The fourth-order valence-corrected chi connectivity index (χ4v) is 4.16. The van der Waals surface area contributed by atoms with Crippen molar-refractivity contribution in [3.8, 4) is 10.6 Å². The maximum absolute atomic E-state index is 6.40. The molecule has 0 bridgehead atoms. The molecule has 0 spiro atoms. The summed E-state index contributed by atoms with van der Waals surface area (Å²) < 4.78 is 0. The van der Waals surface area contributed by atoms with Gasteiger partial charge in [0.1, 0.15) is 0 Å². The van der Waals surface area contributed by atoms with E-state index in [9.17, 15) is 0 Å². The first-order valence-electron chi connectivity index (χ1n) is 7.90. The summed E-state index contributed by atoms with van der Waals surface area (Å²) in [5.41, 5.74) is 10.1. The lowest BCUT2D eigenvalue weighted by molar-refractivity contribution is 0.324. The topological polar surface area (TPSA) is 57.9 Å². The van der Waals surface area contributed by atoms with E-state index in [1.807, 2.05) is 6.20 Å². The van der Waals surface area contributed by atoms with Gasteiger partial charge in [-0.3, -0.25) is 10.00 Å². The lowest BCUT2D eigenvalue weighted by atomic mass is 9.95. The Kier molecular flexibility index (Phi) is 3.99. The van der Waals surface area contributed by atoms with Crippen molar-refractivity contribution in [2.24, 2.45) is 5.73 Å². The van der Waals surface area contributed by atoms with Gasteiger partial charge in [0, 0.05) is 37.2 Å². The molecule has 1 aliphatic rings. The summed E-state index contributed by atoms with van der Waals surface area (Å²) in [6.07, 6.45) is 1.94. The number of nitrogens with zero attached hydrogens (tertiary/aromatic N) is 2. The van der Waals surface area contributed by atoms with E-state index in [0.29, 0.717) is 5.92 Å². The van der Waals surface area contributed by atoms with Gasteiger partial charge in [0.2, 0.25) is 0 Å². The van der Waals surface area contributed by atoms with Crippen molar-refractivity contribution in [1.29, 1.82) is 0 Å². The molecule has 0 aliphatic carbocycles. The first kappa shape index (κ1) is 14.6. The van der Waals surface area contributed by atoms with Crippen LogP contribution in [0.4, 0.5) is 0 Å². The lowest BCUT2D eigenvalue weighted by Crippen LogP contribution is -2.28. The molecule has 118 valence electrons. The monoisotopic (exact) mass is 324 g/mol. The van der Waals surface area contributed by atoms with Gasteiger partial charge in [-0.15, -0.1) is 11.3 Å². The number of benzene rings is 1. The Labute approximate surface area is 140 Å². The number of aromatic amines is 1. The van der Waals surface area contributed by atoms with E-state index < -0.39 is 0 Å². The average Bonchev–Trinajstić information content (AvgIpc) is 3.29. The predicted molar refractivity (Wildman–Crippen MR) is 94.3 cm³/mol. The number of H-pyrrole nitrogens is 1. The highest BCUT2D eigenvalue weighted by atomic mass is 32.1. The van der Waals surface area contributed by atoms with Crippen LogP contribution in [0.2, 0.25) is 0 Å². The summed E-state index contributed by atoms with van der Waals surface area (Å²) in [7, 11) is 0. The highest BCUT2D eigenvalue weighted by Crippen LogP contribution is 2.30. The van der Waals surface area contributed by atoms with Crippen molar-refractivity contribution in [2.75, 3.05) is 13.1 Å². The molecule has 5 heteroatoms. The van der Waals surface area contributed by atoms with E-state index >= 15 is 0 Å². The Morgan fingerprint density at radius 1 is 1.17 bits per heavy atom. The number of hydrogen-bond donors (Lipinski definition) is 2. The SMILES string of the molecule is N[C@@H]1CN(Cc2cn[nH]c2-c2cccs2)C[C@H]1c1ccccc1. The van der Waals surface area contributed by atoms with Gasteiger partial charge < -0.3 is 5.73 Å². The van der Waals surface area contributed by atoms with Crippen LogP contribution in [0.25, 0.3) is 10.6 Å². The molecule has 1 saturated heterocycles. The quantitative estimate of drug-likeness (QED) is 0.775. The maximum Gasteiger partial charge on any atom is 0.0794 e. The van der Waals surface area contributed by atoms with Crippen LogP contribution in [0.1, 0.15) is 17.0 Å². The molecule has 0 radical (unpaired) electrons. The Morgan fingerprint density at radius 2 is 2.04 bits per heavy atom. The van der Waals surface area contributed by atoms with Crippen LogP contribution < -0.4 is 5.73 Å². The number of aromatic nitrogens is 2. The lowest BCUT2D eigenvalue weighted by Gasteiger charge is -2.16. The minimum Gasteiger partial charge on any atom is -0.326 e. The molecule has 3 N–H and O–H groups in total. The molecular formula is C18H20N4S. The summed E-state index contributed by atoms with van der Waals surface area (Å²) >= 11 is 1.74. The molecule has 1 fully saturated rings. The molecule has 2 atom stereocenters. The van der Waals surface area contributed by atoms with Gasteiger partial charge in [0.25, 0.3) is 0 Å². The number of hydrogen-bond acceptors (Lipinski definition) is 4. The molecule has 3 heterocycles. The number of nitrogens with one attached hydrogen (secondary N) is 1. The first-order valence-corrected chi connectivity index (χ1v) is 8.78. The van der Waals surface area contributed by atoms with Gasteiger partial charge >= 0.3 is 0 Å². The maximum atomic E-state index is 6.40. The third kappa shape index (κ3) is 2.95. The highest BCUT2D eigenvalue weighted by Gasteiger charge is 2.31. The highest BCUT2D eigenvalue weighted by molar-refractivity contribution is 7.13. The molecule has 2 aromatic heterocycles. The molecule has 3 aromatic rings. The fourth-order valence-electron chi connectivity index (χ4n) is 3.40. The van der Waals surface area contributed by atoms with E-state index in [4.69, 9.17) is 5.73 Å².